The van der Waals surface area contributed by atoms with Crippen LogP contribution in [0.25, 0.3) is 0 Å². The highest BCUT2D eigenvalue weighted by Gasteiger charge is 2.00. The summed E-state index contributed by atoms with van der Waals surface area (Å²) < 4.78 is 5.43. The van der Waals surface area contributed by atoms with Crippen LogP contribution < -0.4 is 15.4 Å². The van der Waals surface area contributed by atoms with Gasteiger partial charge in [-0.1, -0.05) is 0 Å². The van der Waals surface area contributed by atoms with Crippen molar-refractivity contribution in [1.29, 1.82) is 0 Å². The number of nitrogens with zero attached hydrogens (tertiary/aromatic N) is 2. The highest BCUT2D eigenvalue weighted by atomic mass is 16.5. The van der Waals surface area contributed by atoms with Crippen LogP contribution in [-0.2, 0) is 0 Å². The molecule has 1 aromatic heterocycles. The molecule has 5 nitrogen and oxygen atoms in total. The first kappa shape index (κ1) is 11.7. The summed E-state index contributed by atoms with van der Waals surface area (Å²) in [5, 5.41) is 6.19. The van der Waals surface area contributed by atoms with Gasteiger partial charge in [0.25, 0.3) is 0 Å². The van der Waals surface area contributed by atoms with Crippen LogP contribution in [0.15, 0.2) is 12.4 Å². The van der Waals surface area contributed by atoms with Gasteiger partial charge in [-0.15, -0.1) is 0 Å². The maximum Gasteiger partial charge on any atom is 0.234 e. The van der Waals surface area contributed by atoms with Crippen molar-refractivity contribution < 1.29 is 4.74 Å². The monoisotopic (exact) mass is 210 g/mol. The number of rotatable bonds is 6. The van der Waals surface area contributed by atoms with Gasteiger partial charge in [0.15, 0.2) is 0 Å². The molecular formula is C10H18N4O. The molecule has 1 aromatic rings. The Kier molecular flexibility index (Phi) is 4.83. The number of likely N-dealkylation sites (N-methyl/N-ethyl adjacent to an activating group) is 1. The quantitative estimate of drug-likeness (QED) is 0.683. The van der Waals surface area contributed by atoms with Crippen molar-refractivity contribution in [2.45, 2.75) is 20.0 Å². The maximum absolute atomic E-state index is 5.43. The Morgan fingerprint density at radius 3 is 2.80 bits per heavy atom. The van der Waals surface area contributed by atoms with E-state index < -0.39 is 0 Å². The van der Waals surface area contributed by atoms with Crippen molar-refractivity contribution in [3.05, 3.63) is 12.4 Å². The third-order valence-electron chi connectivity index (χ3n) is 1.65. The lowest BCUT2D eigenvalue weighted by molar-refractivity contribution is 0.232. The van der Waals surface area contributed by atoms with E-state index in [0.717, 1.165) is 18.9 Å². The van der Waals surface area contributed by atoms with Crippen molar-refractivity contribution >= 4 is 5.82 Å². The molecule has 0 saturated carbocycles. The molecule has 0 unspecified atom stereocenters. The van der Waals surface area contributed by atoms with Crippen molar-refractivity contribution in [2.24, 2.45) is 0 Å². The van der Waals surface area contributed by atoms with Gasteiger partial charge in [-0.25, -0.2) is 0 Å². The third-order valence-corrected chi connectivity index (χ3v) is 1.65. The average Bonchev–Trinajstić information content (AvgIpc) is 2.18. The van der Waals surface area contributed by atoms with Crippen molar-refractivity contribution in [2.75, 3.05) is 25.5 Å². The fraction of sp³-hybridized carbons (Fsp3) is 0.600. The van der Waals surface area contributed by atoms with Gasteiger partial charge in [-0.3, -0.25) is 4.98 Å². The molecule has 0 fully saturated rings. The van der Waals surface area contributed by atoms with Gasteiger partial charge < -0.3 is 15.4 Å². The van der Waals surface area contributed by atoms with Crippen LogP contribution in [0, 0.1) is 0 Å². The van der Waals surface area contributed by atoms with E-state index in [9.17, 15) is 0 Å². The molecule has 5 heteroatoms. The Labute approximate surface area is 90.3 Å². The largest absolute Gasteiger partial charge is 0.474 e. The standard InChI is InChI=1S/C10H18N4O/c1-8(2)15-10-7-12-6-9(14-10)13-5-4-11-3/h6-8,11H,4-5H2,1-3H3,(H,13,14). The minimum Gasteiger partial charge on any atom is -0.474 e. The second-order valence-corrected chi connectivity index (χ2v) is 3.44. The zero-order chi connectivity index (χ0) is 11.1. The van der Waals surface area contributed by atoms with Crippen molar-refractivity contribution in [3.63, 3.8) is 0 Å². The molecule has 15 heavy (non-hydrogen) atoms. The fourth-order valence-electron chi connectivity index (χ4n) is 1.05. The Balaban J connectivity index is 2.50. The average molecular weight is 210 g/mol. The van der Waals surface area contributed by atoms with E-state index in [2.05, 4.69) is 20.6 Å². The number of aromatic nitrogens is 2. The second-order valence-electron chi connectivity index (χ2n) is 3.44. The lowest BCUT2D eigenvalue weighted by Gasteiger charge is -2.09. The summed E-state index contributed by atoms with van der Waals surface area (Å²) in [4.78, 5) is 8.31. The normalized spacial score (nSPS) is 10.4. The van der Waals surface area contributed by atoms with E-state index in [1.54, 1.807) is 12.4 Å². The number of hydrogen-bond donors (Lipinski definition) is 2. The molecule has 0 atom stereocenters. The second kappa shape index (κ2) is 6.19. The van der Waals surface area contributed by atoms with E-state index in [1.165, 1.54) is 0 Å². The molecule has 1 rings (SSSR count). The molecule has 1 heterocycles. The van der Waals surface area contributed by atoms with Crippen LogP contribution in [0.1, 0.15) is 13.8 Å². The molecule has 0 saturated heterocycles. The Morgan fingerprint density at radius 2 is 2.13 bits per heavy atom. The van der Waals surface area contributed by atoms with Crippen LogP contribution in [0.4, 0.5) is 5.82 Å². The lowest BCUT2D eigenvalue weighted by Crippen LogP contribution is -2.18. The predicted molar refractivity (Wildman–Crippen MR) is 60.2 cm³/mol. The van der Waals surface area contributed by atoms with Gasteiger partial charge in [0.1, 0.15) is 5.82 Å². The molecule has 0 aliphatic rings. The van der Waals surface area contributed by atoms with E-state index in [4.69, 9.17) is 4.74 Å². The van der Waals surface area contributed by atoms with Crippen LogP contribution >= 0.6 is 0 Å². The summed E-state index contributed by atoms with van der Waals surface area (Å²) in [6.45, 7) is 5.62. The molecule has 0 aliphatic heterocycles. The molecule has 0 radical (unpaired) electrons. The SMILES string of the molecule is CNCCNc1cncc(OC(C)C)n1. The van der Waals surface area contributed by atoms with Crippen LogP contribution in [0.2, 0.25) is 0 Å². The fourth-order valence-corrected chi connectivity index (χ4v) is 1.05. The number of anilines is 1. The zero-order valence-corrected chi connectivity index (χ0v) is 9.45. The third kappa shape index (κ3) is 4.60. The molecule has 2 N–H and O–H groups in total. The molecule has 0 bridgehead atoms. The van der Waals surface area contributed by atoms with E-state index in [1.807, 2.05) is 20.9 Å². The molecule has 0 aromatic carbocycles. The van der Waals surface area contributed by atoms with Crippen molar-refractivity contribution in [3.8, 4) is 5.88 Å². The van der Waals surface area contributed by atoms with Crippen molar-refractivity contribution in [1.82, 2.24) is 15.3 Å². The molecule has 0 amide bonds. The zero-order valence-electron chi connectivity index (χ0n) is 9.45. The van der Waals surface area contributed by atoms with Gasteiger partial charge in [-0.05, 0) is 20.9 Å². The minimum atomic E-state index is 0.117. The Hall–Kier alpha value is -1.36. The molecule has 0 aliphatic carbocycles. The summed E-state index contributed by atoms with van der Waals surface area (Å²) >= 11 is 0. The van der Waals surface area contributed by atoms with Gasteiger partial charge in [0.05, 0.1) is 18.5 Å². The topological polar surface area (TPSA) is 59.1 Å². The first-order valence-electron chi connectivity index (χ1n) is 5.09. The molecular weight excluding hydrogens is 192 g/mol. The maximum atomic E-state index is 5.43. The molecule has 84 valence electrons. The van der Waals surface area contributed by atoms with Crippen LogP contribution in [0.3, 0.4) is 0 Å². The molecule has 0 spiro atoms. The Bertz CT molecular complexity index is 291. The smallest absolute Gasteiger partial charge is 0.234 e. The highest BCUT2D eigenvalue weighted by Crippen LogP contribution is 2.10. The van der Waals surface area contributed by atoms with E-state index >= 15 is 0 Å². The summed E-state index contributed by atoms with van der Waals surface area (Å²) in [6, 6.07) is 0. The van der Waals surface area contributed by atoms with Gasteiger partial charge in [-0.2, -0.15) is 4.98 Å². The number of ether oxygens (including phenoxy) is 1. The number of nitrogens with one attached hydrogen (secondary N) is 2. The first-order chi connectivity index (χ1) is 7.22. The van der Waals surface area contributed by atoms with Gasteiger partial charge in [0.2, 0.25) is 5.88 Å². The highest BCUT2D eigenvalue weighted by molar-refractivity contribution is 5.33. The number of hydrogen-bond acceptors (Lipinski definition) is 5. The van der Waals surface area contributed by atoms with Gasteiger partial charge >= 0.3 is 0 Å². The summed E-state index contributed by atoms with van der Waals surface area (Å²) in [6.07, 6.45) is 3.42. The van der Waals surface area contributed by atoms with Gasteiger partial charge in [0, 0.05) is 13.1 Å². The lowest BCUT2D eigenvalue weighted by atomic mass is 10.5. The predicted octanol–water partition coefficient (Wildman–Crippen LogP) is 0.895. The van der Waals surface area contributed by atoms with Crippen LogP contribution in [0.5, 0.6) is 5.88 Å². The first-order valence-corrected chi connectivity index (χ1v) is 5.09. The summed E-state index contributed by atoms with van der Waals surface area (Å²) in [7, 11) is 1.91. The van der Waals surface area contributed by atoms with E-state index in [0.29, 0.717) is 5.88 Å². The Morgan fingerprint density at radius 1 is 1.33 bits per heavy atom. The minimum absolute atomic E-state index is 0.117. The summed E-state index contributed by atoms with van der Waals surface area (Å²) in [5.74, 6) is 1.29. The summed E-state index contributed by atoms with van der Waals surface area (Å²) in [5.41, 5.74) is 0. The van der Waals surface area contributed by atoms with E-state index in [-0.39, 0.29) is 6.10 Å². The van der Waals surface area contributed by atoms with Crippen LogP contribution in [-0.4, -0.2) is 36.2 Å².